The third kappa shape index (κ3) is 9.93. The minimum Gasteiger partial charge on any atom is -0.813 e. The van der Waals surface area contributed by atoms with Crippen LogP contribution in [0.5, 0.6) is 0 Å². The van der Waals surface area contributed by atoms with Crippen molar-refractivity contribution in [3.05, 3.63) is 0 Å². The van der Waals surface area contributed by atoms with Crippen molar-refractivity contribution in [3.63, 3.8) is 0 Å². The zero-order valence-corrected chi connectivity index (χ0v) is 7.30. The molecule has 0 aliphatic carbocycles. The van der Waals surface area contributed by atoms with Crippen molar-refractivity contribution < 1.29 is 7.58 Å². The summed E-state index contributed by atoms with van der Waals surface area (Å²) in [6.07, 6.45) is 0. The Morgan fingerprint density at radius 2 is 1.50 bits per heavy atom. The van der Waals surface area contributed by atoms with Gasteiger partial charge in [0.15, 0.2) is 0 Å². The fraction of sp³-hybridized carbons (Fsp3) is 1.00. The quantitative estimate of drug-likeness (QED) is 0.249. The molecule has 0 unspecified atom stereocenters. The summed E-state index contributed by atoms with van der Waals surface area (Å²) in [5, 5.41) is 0. The van der Waals surface area contributed by atoms with Crippen molar-refractivity contribution in [2.45, 2.75) is 13.8 Å². The van der Waals surface area contributed by atoms with E-state index in [0.717, 1.165) is 13.2 Å². The van der Waals surface area contributed by atoms with E-state index >= 15 is 0 Å². The molecule has 0 aliphatic heterocycles. The summed E-state index contributed by atoms with van der Waals surface area (Å²) in [4.78, 5) is 0. The van der Waals surface area contributed by atoms with Crippen LogP contribution in [0.1, 0.15) is 13.8 Å². The van der Waals surface area contributed by atoms with Gasteiger partial charge >= 0.3 is 50.5 Å². The molecule has 0 spiro atoms. The molecule has 0 saturated carbocycles. The molecule has 0 aliphatic rings. The van der Waals surface area contributed by atoms with Gasteiger partial charge in [-0.05, 0) is 0 Å². The van der Waals surface area contributed by atoms with Crippen LogP contribution in [0.2, 0.25) is 0 Å². The molecule has 0 bridgehead atoms. The van der Waals surface area contributed by atoms with Crippen LogP contribution >= 0.6 is 0 Å². The fourth-order valence-corrected chi connectivity index (χ4v) is 0.553. The van der Waals surface area contributed by atoms with Gasteiger partial charge in [0.05, 0.1) is 0 Å². The monoisotopic (exact) mass is 150 g/mol. The molecule has 8 heavy (non-hydrogen) atoms. The smallest absolute Gasteiger partial charge is 0.813 e. The average molecular weight is 150 g/mol. The molecular weight excluding hydrogens is 139 g/mol. The van der Waals surface area contributed by atoms with E-state index in [1.165, 1.54) is 0 Å². The minimum absolute atomic E-state index is 0. The van der Waals surface area contributed by atoms with Crippen molar-refractivity contribution in [3.8, 4) is 0 Å². The maximum Gasteiger partial charge on any atom is -0.813 e. The van der Waals surface area contributed by atoms with Gasteiger partial charge < -0.3 is 13.5 Å². The van der Waals surface area contributed by atoms with Crippen molar-refractivity contribution >= 4 is 29.4 Å². The SMILES string of the molecule is CC[O][Al+][O]CC.[SH-]. The van der Waals surface area contributed by atoms with Crippen molar-refractivity contribution in [2.24, 2.45) is 0 Å². The molecule has 0 fully saturated rings. The molecule has 0 aromatic rings. The van der Waals surface area contributed by atoms with Gasteiger partial charge in [0.1, 0.15) is 0 Å². The van der Waals surface area contributed by atoms with Crippen molar-refractivity contribution in [1.82, 2.24) is 0 Å². The number of hydrogen-bond donors (Lipinski definition) is 0. The molecule has 0 radical (unpaired) electrons. The van der Waals surface area contributed by atoms with E-state index in [1.54, 1.807) is 0 Å². The molecule has 0 saturated heterocycles. The molecule has 0 N–H and O–H groups in total. The predicted molar refractivity (Wildman–Crippen MR) is 37.8 cm³/mol. The summed E-state index contributed by atoms with van der Waals surface area (Å²) in [7, 11) is 0. The summed E-state index contributed by atoms with van der Waals surface area (Å²) < 4.78 is 9.87. The van der Waals surface area contributed by atoms with E-state index in [-0.39, 0.29) is 29.4 Å². The van der Waals surface area contributed by atoms with E-state index in [0.29, 0.717) is 0 Å². The second-order valence-electron chi connectivity index (χ2n) is 1.01. The van der Waals surface area contributed by atoms with Crippen LogP contribution in [0.25, 0.3) is 0 Å². The van der Waals surface area contributed by atoms with Crippen LogP contribution in [0.3, 0.4) is 0 Å². The second-order valence-corrected chi connectivity index (χ2v) is 1.87. The van der Waals surface area contributed by atoms with Crippen LogP contribution in [0, 0.1) is 0 Å². The van der Waals surface area contributed by atoms with Gasteiger partial charge in [-0.3, -0.25) is 0 Å². The molecule has 0 amide bonds. The first-order valence-electron chi connectivity index (χ1n) is 2.46. The fourth-order valence-electron chi connectivity index (χ4n) is 0.184. The number of rotatable bonds is 4. The van der Waals surface area contributed by atoms with E-state index in [9.17, 15) is 0 Å². The van der Waals surface area contributed by atoms with Crippen LogP contribution in [0.4, 0.5) is 0 Å². The Morgan fingerprint density at radius 1 is 1.12 bits per heavy atom. The first kappa shape index (κ1) is 11.6. The Kier molecular flexibility index (Phi) is 15.5. The van der Waals surface area contributed by atoms with E-state index < -0.39 is 0 Å². The maximum atomic E-state index is 4.94. The molecule has 0 rings (SSSR count). The average Bonchev–Trinajstić information content (AvgIpc) is 1.69. The zero-order valence-electron chi connectivity index (χ0n) is 5.26. The van der Waals surface area contributed by atoms with Gasteiger partial charge in [0.25, 0.3) is 0 Å². The van der Waals surface area contributed by atoms with Gasteiger partial charge in [0, 0.05) is 0 Å². The zero-order chi connectivity index (χ0) is 5.54. The van der Waals surface area contributed by atoms with E-state index in [1.807, 2.05) is 13.8 Å². The summed E-state index contributed by atoms with van der Waals surface area (Å²) in [6.45, 7) is 5.47. The Labute approximate surface area is 64.4 Å². The molecule has 48 valence electrons. The van der Waals surface area contributed by atoms with Crippen molar-refractivity contribution in [1.29, 1.82) is 0 Å². The summed E-state index contributed by atoms with van der Waals surface area (Å²) in [6, 6.07) is 0. The summed E-state index contributed by atoms with van der Waals surface area (Å²) in [5.74, 6) is 0. The van der Waals surface area contributed by atoms with Crippen molar-refractivity contribution in [2.75, 3.05) is 13.2 Å². The first-order chi connectivity index (χ1) is 3.41. The van der Waals surface area contributed by atoms with E-state index in [2.05, 4.69) is 0 Å². The Bertz CT molecular complexity index is 33.2. The van der Waals surface area contributed by atoms with Crippen LogP contribution in [-0.2, 0) is 21.1 Å². The molecule has 0 atom stereocenters. The normalized spacial score (nSPS) is 7.25. The van der Waals surface area contributed by atoms with Gasteiger partial charge in [-0.15, -0.1) is 0 Å². The molecular formula is C4H11AlO2S. The van der Waals surface area contributed by atoms with Gasteiger partial charge in [0.2, 0.25) is 0 Å². The third-order valence-corrected chi connectivity index (χ3v) is 1.41. The molecule has 0 aromatic heterocycles. The Hall–Kier alpha value is 0.802. The molecule has 0 aromatic carbocycles. The van der Waals surface area contributed by atoms with Gasteiger partial charge in [-0.2, -0.15) is 0 Å². The largest absolute Gasteiger partial charge is 0.813 e. The standard InChI is InChI=1S/2C2H5O.Al.H2S/c2*1-2-3;;/h2*2H2,1H3;;1H2/q2*-1;+3;/p-1. The number of thiol groups is 1. The van der Waals surface area contributed by atoms with Crippen LogP contribution in [-0.4, -0.2) is 29.1 Å². The number of hydrogen-bond acceptors (Lipinski definition) is 3. The van der Waals surface area contributed by atoms with Gasteiger partial charge in [-0.25, -0.2) is 0 Å². The second kappa shape index (κ2) is 10.7. The topological polar surface area (TPSA) is 18.5 Å². The Balaban J connectivity index is 0. The maximum absolute atomic E-state index is 4.94. The third-order valence-electron chi connectivity index (χ3n) is 0.469. The minimum atomic E-state index is -0.178. The molecule has 4 heteroatoms. The molecule has 2 nitrogen and oxygen atoms in total. The van der Waals surface area contributed by atoms with E-state index in [4.69, 9.17) is 7.58 Å². The predicted octanol–water partition coefficient (Wildman–Crippen LogP) is 0.324. The molecule has 0 heterocycles. The van der Waals surface area contributed by atoms with Gasteiger partial charge in [-0.1, -0.05) is 0 Å². The Morgan fingerprint density at radius 3 is 1.75 bits per heavy atom. The summed E-state index contributed by atoms with van der Waals surface area (Å²) >= 11 is -0.178. The van der Waals surface area contributed by atoms with Crippen LogP contribution in [0.15, 0.2) is 0 Å². The van der Waals surface area contributed by atoms with Crippen LogP contribution < -0.4 is 0 Å². The first-order valence-corrected chi connectivity index (χ1v) is 3.41. The summed E-state index contributed by atoms with van der Waals surface area (Å²) in [5.41, 5.74) is 0.